The molecule has 1 aromatic rings. The smallest absolute Gasteiger partial charge is 0.872 e. The quantitative estimate of drug-likeness (QED) is 0.373. The van der Waals surface area contributed by atoms with Crippen LogP contribution >= 0.6 is 0 Å². The molecular weight excluding hydrogens is 163 g/mol. The van der Waals surface area contributed by atoms with Crippen LogP contribution in [-0.2, 0) is 0 Å². The zero-order valence-corrected chi connectivity index (χ0v) is 9.55. The number of hydrogen-bond donors (Lipinski definition) is 0. The van der Waals surface area contributed by atoms with Gasteiger partial charge in [-0.1, -0.05) is 18.2 Å². The Labute approximate surface area is 93.9 Å². The van der Waals surface area contributed by atoms with Gasteiger partial charge in [0.05, 0.1) is 0 Å². The Balaban J connectivity index is 0.00000121. The molecule has 3 heteroatoms. The Morgan fingerprint density at radius 1 is 1.42 bits per heavy atom. The molecule has 0 aliphatic heterocycles. The molecule has 0 amide bonds. The van der Waals surface area contributed by atoms with E-state index < -0.39 is 0 Å². The first kappa shape index (κ1) is 11.7. The molecule has 0 atom stereocenters. The van der Waals surface area contributed by atoms with Crippen molar-refractivity contribution in [2.75, 3.05) is 0 Å². The molecule has 0 aromatic heterocycles. The van der Waals surface area contributed by atoms with E-state index in [-0.39, 0.29) is 41.1 Å². The number of ketones is 1. The number of rotatable bonds is 1. The Kier molecular flexibility index (Phi) is 4.53. The summed E-state index contributed by atoms with van der Waals surface area (Å²) in [6.45, 7) is 3.25. The molecule has 1 aromatic carbocycles. The van der Waals surface area contributed by atoms with Crippen LogP contribution in [0.1, 0.15) is 22.8 Å². The van der Waals surface area contributed by atoms with Crippen LogP contribution in [0.4, 0.5) is 0 Å². The summed E-state index contributed by atoms with van der Waals surface area (Å²) in [5, 5.41) is 10.8. The zero-order valence-electron chi connectivity index (χ0n) is 7.55. The first-order valence-electron chi connectivity index (χ1n) is 3.40. The van der Waals surface area contributed by atoms with Gasteiger partial charge in [-0.3, -0.25) is 4.79 Å². The van der Waals surface area contributed by atoms with Crippen LogP contribution in [0.25, 0.3) is 0 Å². The second-order valence-corrected chi connectivity index (χ2v) is 2.53. The van der Waals surface area contributed by atoms with Gasteiger partial charge in [-0.05, 0) is 19.4 Å². The predicted molar refractivity (Wildman–Crippen MR) is 40.6 cm³/mol. The second-order valence-electron chi connectivity index (χ2n) is 2.53. The van der Waals surface area contributed by atoms with Crippen LogP contribution < -0.4 is 34.7 Å². The minimum Gasteiger partial charge on any atom is -0.872 e. The Morgan fingerprint density at radius 3 is 2.42 bits per heavy atom. The number of aryl methyl sites for hydroxylation is 1. The van der Waals surface area contributed by atoms with Gasteiger partial charge in [0, 0.05) is 5.56 Å². The Hall–Kier alpha value is -0.310. The summed E-state index contributed by atoms with van der Waals surface area (Å²) >= 11 is 0. The molecule has 0 bridgehead atoms. The van der Waals surface area contributed by atoms with E-state index in [1.165, 1.54) is 19.1 Å². The summed E-state index contributed by atoms with van der Waals surface area (Å²) in [5.41, 5.74) is 1.38. The number of carbonyl (C=O) groups excluding carboxylic acids is 1. The van der Waals surface area contributed by atoms with Crippen LogP contribution in [0.3, 0.4) is 0 Å². The van der Waals surface area contributed by atoms with E-state index in [1.807, 2.05) is 0 Å². The molecule has 1 rings (SSSR count). The van der Waals surface area contributed by atoms with Crippen molar-refractivity contribution in [1.82, 2.24) is 0 Å². The SMILES string of the molecule is CC(=O)c1ccc([O-])cc1C.[Na+]. The van der Waals surface area contributed by atoms with E-state index in [1.54, 1.807) is 13.0 Å². The number of hydrogen-bond acceptors (Lipinski definition) is 2. The molecule has 0 saturated carbocycles. The van der Waals surface area contributed by atoms with E-state index in [2.05, 4.69) is 0 Å². The average Bonchev–Trinajstić information content (AvgIpc) is 1.85. The summed E-state index contributed by atoms with van der Waals surface area (Å²) in [5.74, 6) is -0.0463. The van der Waals surface area contributed by atoms with Gasteiger partial charge in [0.1, 0.15) is 0 Å². The van der Waals surface area contributed by atoms with Crippen LogP contribution in [0.5, 0.6) is 5.75 Å². The first-order valence-corrected chi connectivity index (χ1v) is 3.40. The molecule has 0 N–H and O–H groups in total. The molecule has 2 nitrogen and oxygen atoms in total. The maximum absolute atomic E-state index is 10.9. The van der Waals surface area contributed by atoms with Crippen molar-refractivity contribution < 1.29 is 39.5 Å². The van der Waals surface area contributed by atoms with Crippen molar-refractivity contribution in [3.8, 4) is 5.75 Å². The third-order valence-corrected chi connectivity index (χ3v) is 1.58. The van der Waals surface area contributed by atoms with E-state index in [0.717, 1.165) is 5.56 Å². The van der Waals surface area contributed by atoms with E-state index in [4.69, 9.17) is 0 Å². The van der Waals surface area contributed by atoms with Crippen molar-refractivity contribution >= 4 is 5.78 Å². The van der Waals surface area contributed by atoms with Gasteiger partial charge < -0.3 is 5.11 Å². The molecule has 0 spiro atoms. The van der Waals surface area contributed by atoms with Crippen molar-refractivity contribution in [2.45, 2.75) is 13.8 Å². The van der Waals surface area contributed by atoms with Gasteiger partial charge in [-0.2, -0.15) is 0 Å². The molecule has 58 valence electrons. The first-order chi connectivity index (χ1) is 5.11. The standard InChI is InChI=1S/C9H10O2.Na/c1-6-5-8(11)3-4-9(6)7(2)10;/h3-5,11H,1-2H3;/q;+1/p-1. The molecule has 0 fully saturated rings. The largest absolute Gasteiger partial charge is 1.00 e. The molecule has 0 aliphatic rings. The normalized spacial score (nSPS) is 8.83. The molecule has 0 unspecified atom stereocenters. The topological polar surface area (TPSA) is 40.1 Å². The van der Waals surface area contributed by atoms with Gasteiger partial charge in [-0.25, -0.2) is 0 Å². The summed E-state index contributed by atoms with van der Waals surface area (Å²) < 4.78 is 0. The fourth-order valence-corrected chi connectivity index (χ4v) is 1.03. The van der Waals surface area contributed by atoms with Crippen LogP contribution in [-0.4, -0.2) is 5.78 Å². The van der Waals surface area contributed by atoms with Crippen LogP contribution in [0.15, 0.2) is 18.2 Å². The maximum atomic E-state index is 10.9. The minimum atomic E-state index is -0.0486. The monoisotopic (exact) mass is 172 g/mol. The molecular formula is C9H9NaO2. The van der Waals surface area contributed by atoms with E-state index in [9.17, 15) is 9.90 Å². The summed E-state index contributed by atoms with van der Waals surface area (Å²) in [7, 11) is 0. The van der Waals surface area contributed by atoms with Crippen LogP contribution in [0, 0.1) is 6.92 Å². The number of carbonyl (C=O) groups is 1. The number of Topliss-reactive ketones (excluding diaryl/α,β-unsaturated/α-hetero) is 1. The predicted octanol–water partition coefficient (Wildman–Crippen LogP) is -1.72. The molecule has 0 heterocycles. The molecule has 0 radical (unpaired) electrons. The molecule has 0 saturated heterocycles. The third-order valence-electron chi connectivity index (χ3n) is 1.58. The van der Waals surface area contributed by atoms with Gasteiger partial charge in [0.2, 0.25) is 0 Å². The average molecular weight is 172 g/mol. The molecule has 0 aliphatic carbocycles. The van der Waals surface area contributed by atoms with Crippen molar-refractivity contribution in [1.29, 1.82) is 0 Å². The zero-order chi connectivity index (χ0) is 8.43. The fraction of sp³-hybridized carbons (Fsp3) is 0.222. The van der Waals surface area contributed by atoms with E-state index in [0.29, 0.717) is 5.56 Å². The van der Waals surface area contributed by atoms with E-state index >= 15 is 0 Å². The van der Waals surface area contributed by atoms with Gasteiger partial charge in [0.25, 0.3) is 0 Å². The minimum absolute atomic E-state index is 0. The van der Waals surface area contributed by atoms with Gasteiger partial charge >= 0.3 is 29.6 Å². The fourth-order valence-electron chi connectivity index (χ4n) is 1.03. The van der Waals surface area contributed by atoms with Crippen molar-refractivity contribution in [3.63, 3.8) is 0 Å². The maximum Gasteiger partial charge on any atom is 1.00 e. The van der Waals surface area contributed by atoms with Crippen LogP contribution in [0.2, 0.25) is 0 Å². The summed E-state index contributed by atoms with van der Waals surface area (Å²) in [4.78, 5) is 10.9. The number of benzene rings is 1. The molecule has 12 heavy (non-hydrogen) atoms. The van der Waals surface area contributed by atoms with Gasteiger partial charge in [0.15, 0.2) is 5.78 Å². The van der Waals surface area contributed by atoms with Gasteiger partial charge in [-0.15, -0.1) is 5.75 Å². The van der Waals surface area contributed by atoms with Crippen molar-refractivity contribution in [2.24, 2.45) is 0 Å². The Morgan fingerprint density at radius 2 is 2.00 bits per heavy atom. The Bertz CT molecular complexity index is 295. The second kappa shape index (κ2) is 4.65. The summed E-state index contributed by atoms with van der Waals surface area (Å²) in [6, 6.07) is 4.44. The third kappa shape index (κ3) is 2.63. The summed E-state index contributed by atoms with van der Waals surface area (Å²) in [6.07, 6.45) is 0. The van der Waals surface area contributed by atoms with Crippen molar-refractivity contribution in [3.05, 3.63) is 29.3 Å².